The molecule has 2 aromatic heterocycles. The third-order valence-corrected chi connectivity index (χ3v) is 8.46. The number of rotatable bonds is 5. The molecular weight excluding hydrogens is 374 g/mol. The van der Waals surface area contributed by atoms with Crippen molar-refractivity contribution in [2.45, 2.75) is 50.2 Å². The first-order chi connectivity index (χ1) is 13.6. The summed E-state index contributed by atoms with van der Waals surface area (Å²) in [7, 11) is 1.22. The Bertz CT molecular complexity index is 859. The van der Waals surface area contributed by atoms with Crippen LogP contribution in [0.4, 0.5) is 5.82 Å². The summed E-state index contributed by atoms with van der Waals surface area (Å²) in [4.78, 5) is 14.2. The lowest BCUT2D eigenvalue weighted by Gasteiger charge is -2.43. The van der Waals surface area contributed by atoms with Crippen molar-refractivity contribution < 1.29 is 8.95 Å². The van der Waals surface area contributed by atoms with Crippen molar-refractivity contribution in [1.29, 1.82) is 0 Å². The summed E-state index contributed by atoms with van der Waals surface area (Å²) in [6, 6.07) is 2.49. The van der Waals surface area contributed by atoms with E-state index in [9.17, 15) is 4.21 Å². The van der Waals surface area contributed by atoms with Gasteiger partial charge in [0.15, 0.2) is 0 Å². The summed E-state index contributed by atoms with van der Waals surface area (Å²) in [6.07, 6.45) is 10.4. The molecular formula is C20H29N5O2S. The maximum absolute atomic E-state index is 13.0. The average molecular weight is 404 g/mol. The molecule has 3 aliphatic rings. The molecule has 1 atom stereocenters. The highest BCUT2D eigenvalue weighted by Crippen LogP contribution is 2.38. The van der Waals surface area contributed by atoms with Crippen molar-refractivity contribution in [3.05, 3.63) is 18.6 Å². The van der Waals surface area contributed by atoms with E-state index >= 15 is 0 Å². The van der Waals surface area contributed by atoms with Gasteiger partial charge >= 0.3 is 0 Å². The van der Waals surface area contributed by atoms with Gasteiger partial charge in [-0.3, -0.25) is 0 Å². The Morgan fingerprint density at radius 1 is 1.36 bits per heavy atom. The highest BCUT2D eigenvalue weighted by Gasteiger charge is 2.42. The summed E-state index contributed by atoms with van der Waals surface area (Å²) in [6.45, 7) is 2.38. The Labute approximate surface area is 168 Å². The highest BCUT2D eigenvalue weighted by molar-refractivity contribution is 7.82. The molecule has 7 nitrogen and oxygen atoms in total. The minimum atomic E-state index is -0.892. The van der Waals surface area contributed by atoms with Crippen LogP contribution in [0.3, 0.4) is 0 Å². The Kier molecular flexibility index (Phi) is 4.88. The van der Waals surface area contributed by atoms with Gasteiger partial charge in [0.05, 0.1) is 28.6 Å². The van der Waals surface area contributed by atoms with Gasteiger partial charge in [0.1, 0.15) is 17.8 Å². The van der Waals surface area contributed by atoms with Gasteiger partial charge < -0.3 is 14.6 Å². The number of aromatic amines is 1. The third-order valence-electron chi connectivity index (χ3n) is 6.82. The number of anilines is 1. The summed E-state index contributed by atoms with van der Waals surface area (Å²) < 4.78 is 21.2. The average Bonchev–Trinajstić information content (AvgIpc) is 3.33. The maximum Gasteiger partial charge on any atom is 0.142 e. The highest BCUT2D eigenvalue weighted by atomic mass is 32.2. The summed E-state index contributed by atoms with van der Waals surface area (Å²) in [5.41, 5.74) is 0.868. The van der Waals surface area contributed by atoms with Crippen molar-refractivity contribution >= 4 is 27.8 Å². The molecule has 28 heavy (non-hydrogen) atoms. The zero-order valence-corrected chi connectivity index (χ0v) is 17.3. The SMILES string of the molecule is CN(c1ncnc2[nH]ccc12)C1CC(CS(=O)N2CCOC3(CCCC3)C2)C1. The fraction of sp³-hybridized carbons (Fsp3) is 0.700. The maximum atomic E-state index is 13.0. The fourth-order valence-corrected chi connectivity index (χ4v) is 6.62. The first kappa shape index (κ1) is 18.5. The molecule has 1 aliphatic heterocycles. The Morgan fingerprint density at radius 3 is 3.00 bits per heavy atom. The van der Waals surface area contributed by atoms with E-state index in [0.29, 0.717) is 12.0 Å². The van der Waals surface area contributed by atoms with Gasteiger partial charge in [-0.1, -0.05) is 12.8 Å². The minimum Gasteiger partial charge on any atom is -0.372 e. The van der Waals surface area contributed by atoms with Crippen molar-refractivity contribution in [3.8, 4) is 0 Å². The van der Waals surface area contributed by atoms with Crippen LogP contribution in [-0.4, -0.2) is 67.6 Å². The van der Waals surface area contributed by atoms with Crippen LogP contribution in [0.2, 0.25) is 0 Å². The number of morpholine rings is 1. The van der Waals surface area contributed by atoms with Crippen LogP contribution >= 0.6 is 0 Å². The number of hydrogen-bond donors (Lipinski definition) is 1. The molecule has 0 radical (unpaired) electrons. The van der Waals surface area contributed by atoms with E-state index in [-0.39, 0.29) is 5.60 Å². The molecule has 2 aromatic rings. The molecule has 1 spiro atoms. The second-order valence-electron chi connectivity index (χ2n) is 8.63. The zero-order valence-electron chi connectivity index (χ0n) is 16.5. The number of nitrogens with zero attached hydrogens (tertiary/aromatic N) is 4. The van der Waals surface area contributed by atoms with Gasteiger partial charge in [-0.15, -0.1) is 0 Å². The van der Waals surface area contributed by atoms with Crippen LogP contribution in [0, 0.1) is 5.92 Å². The summed E-state index contributed by atoms with van der Waals surface area (Å²) in [5.74, 6) is 2.29. The molecule has 2 saturated carbocycles. The van der Waals surface area contributed by atoms with E-state index in [1.807, 2.05) is 12.3 Å². The number of fused-ring (bicyclic) bond motifs is 1. The second-order valence-corrected chi connectivity index (χ2v) is 10.1. The van der Waals surface area contributed by atoms with E-state index in [4.69, 9.17) is 4.74 Å². The molecule has 2 aliphatic carbocycles. The van der Waals surface area contributed by atoms with Crippen molar-refractivity contribution in [2.24, 2.45) is 5.92 Å². The molecule has 1 saturated heterocycles. The van der Waals surface area contributed by atoms with Crippen LogP contribution in [0.15, 0.2) is 18.6 Å². The smallest absolute Gasteiger partial charge is 0.142 e. The molecule has 5 rings (SSSR count). The van der Waals surface area contributed by atoms with Gasteiger partial charge in [-0.25, -0.2) is 18.5 Å². The Balaban J connectivity index is 1.16. The summed E-state index contributed by atoms with van der Waals surface area (Å²) >= 11 is 0. The molecule has 8 heteroatoms. The molecule has 152 valence electrons. The van der Waals surface area contributed by atoms with Gasteiger partial charge in [-0.2, -0.15) is 0 Å². The van der Waals surface area contributed by atoms with Gasteiger partial charge in [0, 0.05) is 38.1 Å². The lowest BCUT2D eigenvalue weighted by Crippen LogP contribution is -2.52. The van der Waals surface area contributed by atoms with Crippen LogP contribution in [0.1, 0.15) is 38.5 Å². The molecule has 0 amide bonds. The molecule has 3 heterocycles. The topological polar surface area (TPSA) is 74.4 Å². The van der Waals surface area contributed by atoms with Crippen LogP contribution in [-0.2, 0) is 15.7 Å². The van der Waals surface area contributed by atoms with E-state index in [1.165, 1.54) is 12.8 Å². The molecule has 1 unspecified atom stereocenters. The first-order valence-electron chi connectivity index (χ1n) is 10.4. The third kappa shape index (κ3) is 3.35. The number of hydrogen-bond acceptors (Lipinski definition) is 5. The molecule has 3 fully saturated rings. The van der Waals surface area contributed by atoms with Gasteiger partial charge in [0.25, 0.3) is 0 Å². The normalized spacial score (nSPS) is 28.5. The molecule has 0 bridgehead atoms. The van der Waals surface area contributed by atoms with Crippen molar-refractivity contribution in [1.82, 2.24) is 19.3 Å². The van der Waals surface area contributed by atoms with Crippen LogP contribution in [0.25, 0.3) is 11.0 Å². The van der Waals surface area contributed by atoms with E-state index in [0.717, 1.165) is 68.0 Å². The molecule has 0 aromatic carbocycles. The summed E-state index contributed by atoms with van der Waals surface area (Å²) in [5, 5.41) is 1.06. The lowest BCUT2D eigenvalue weighted by molar-refractivity contribution is -0.0832. The number of ether oxygens (including phenoxy) is 1. The number of aromatic nitrogens is 3. The Hall–Kier alpha value is -1.51. The minimum absolute atomic E-state index is 0.00871. The fourth-order valence-electron chi connectivity index (χ4n) is 5.08. The van der Waals surface area contributed by atoms with Crippen LogP contribution < -0.4 is 4.90 Å². The largest absolute Gasteiger partial charge is 0.372 e. The second kappa shape index (κ2) is 7.39. The predicted molar refractivity (Wildman–Crippen MR) is 111 cm³/mol. The Morgan fingerprint density at radius 2 is 2.18 bits per heavy atom. The number of nitrogens with one attached hydrogen (secondary N) is 1. The monoisotopic (exact) mass is 403 g/mol. The molecule has 1 N–H and O–H groups in total. The zero-order chi connectivity index (χ0) is 19.1. The van der Waals surface area contributed by atoms with E-state index < -0.39 is 11.0 Å². The van der Waals surface area contributed by atoms with E-state index in [1.54, 1.807) is 6.33 Å². The van der Waals surface area contributed by atoms with Crippen molar-refractivity contribution in [3.63, 3.8) is 0 Å². The first-order valence-corrected chi connectivity index (χ1v) is 11.7. The lowest BCUT2D eigenvalue weighted by atomic mass is 9.81. The van der Waals surface area contributed by atoms with Gasteiger partial charge in [-0.05, 0) is 37.7 Å². The predicted octanol–water partition coefficient (Wildman–Crippen LogP) is 2.48. The van der Waals surface area contributed by atoms with E-state index in [2.05, 4.69) is 31.2 Å². The quantitative estimate of drug-likeness (QED) is 0.830. The number of H-pyrrole nitrogens is 1. The van der Waals surface area contributed by atoms with Crippen LogP contribution in [0.5, 0.6) is 0 Å². The van der Waals surface area contributed by atoms with Crippen molar-refractivity contribution in [2.75, 3.05) is 37.4 Å². The standard InChI is InChI=1S/C20H29N5O2S/c1-24(19-17-4-7-21-18(17)22-14-23-19)16-10-15(11-16)12-28(26)25-8-9-27-20(13-25)5-2-3-6-20/h4,7,14-16H,2-3,5-6,8-13H2,1H3,(H,21,22,23). The van der Waals surface area contributed by atoms with Gasteiger partial charge in [0.2, 0.25) is 0 Å².